The number of likely N-dealkylation sites (N-methyl/N-ethyl adjacent to an activating group) is 1. The van der Waals surface area contributed by atoms with Gasteiger partial charge in [-0.1, -0.05) is 13.8 Å². The minimum absolute atomic E-state index is 0.148. The van der Waals surface area contributed by atoms with E-state index < -0.39 is 0 Å². The van der Waals surface area contributed by atoms with E-state index in [1.165, 1.54) is 0 Å². The van der Waals surface area contributed by atoms with Gasteiger partial charge in [0.05, 0.1) is 24.5 Å². The molecule has 0 fully saturated rings. The third kappa shape index (κ3) is 5.09. The monoisotopic (exact) mass is 347 g/mol. The smallest absolute Gasteiger partial charge is 0.214 e. The van der Waals surface area contributed by atoms with Crippen LogP contribution < -0.4 is 10.6 Å². The molecule has 2 rings (SSSR count). The maximum Gasteiger partial charge on any atom is 0.214 e. The van der Waals surface area contributed by atoms with Crippen LogP contribution in [0.25, 0.3) is 0 Å². The summed E-state index contributed by atoms with van der Waals surface area (Å²) < 4.78 is 11.2. The molecule has 7 nitrogen and oxygen atoms in total. The number of oxazole rings is 1. The molecule has 0 radical (unpaired) electrons. The van der Waals surface area contributed by atoms with Gasteiger partial charge in [-0.25, -0.2) is 4.98 Å². The number of nitrogens with one attached hydrogen (secondary N) is 2. The number of hydrogen-bond donors (Lipinski definition) is 2. The number of hydrogen-bond acceptors (Lipinski definition) is 5. The second kappa shape index (κ2) is 9.27. The van der Waals surface area contributed by atoms with Crippen LogP contribution in [-0.2, 0) is 6.54 Å². The Kier molecular flexibility index (Phi) is 7.06. The first-order chi connectivity index (χ1) is 12.1. The van der Waals surface area contributed by atoms with E-state index in [0.29, 0.717) is 24.9 Å². The Morgan fingerprint density at radius 3 is 2.56 bits per heavy atom. The first-order valence-electron chi connectivity index (χ1n) is 8.73. The quantitative estimate of drug-likeness (QED) is 0.564. The lowest BCUT2D eigenvalue weighted by molar-refractivity contribution is 0.193. The Balaban J connectivity index is 1.95. The molecule has 0 spiro atoms. The molecule has 0 aliphatic carbocycles. The number of nitrogens with zero attached hydrogens (tertiary/aromatic N) is 3. The molecule has 2 aromatic rings. The maximum atomic E-state index is 5.62. The number of furan rings is 1. The lowest BCUT2D eigenvalue weighted by Gasteiger charge is -2.28. The van der Waals surface area contributed by atoms with Crippen molar-refractivity contribution in [3.8, 4) is 0 Å². The number of aliphatic imine (C=N–C) groups is 1. The third-order valence-corrected chi connectivity index (χ3v) is 4.29. The summed E-state index contributed by atoms with van der Waals surface area (Å²) in [5.74, 6) is 3.16. The van der Waals surface area contributed by atoms with Crippen LogP contribution in [0.5, 0.6) is 0 Å². The Morgan fingerprint density at radius 2 is 2.04 bits per heavy atom. The van der Waals surface area contributed by atoms with Gasteiger partial charge in [-0.3, -0.25) is 9.89 Å². The summed E-state index contributed by atoms with van der Waals surface area (Å²) in [7, 11) is 1.75. The minimum Gasteiger partial charge on any atom is -0.468 e. The fourth-order valence-corrected chi connectivity index (χ4v) is 2.74. The van der Waals surface area contributed by atoms with Crippen molar-refractivity contribution in [2.24, 2.45) is 4.99 Å². The van der Waals surface area contributed by atoms with E-state index in [4.69, 9.17) is 8.83 Å². The fraction of sp³-hybridized carbons (Fsp3) is 0.556. The zero-order chi connectivity index (χ0) is 18.2. The fourth-order valence-electron chi connectivity index (χ4n) is 2.74. The van der Waals surface area contributed by atoms with Crippen molar-refractivity contribution in [1.82, 2.24) is 20.5 Å². The lowest BCUT2D eigenvalue weighted by atomic mass is 10.2. The van der Waals surface area contributed by atoms with Crippen LogP contribution in [-0.4, -0.2) is 42.5 Å². The largest absolute Gasteiger partial charge is 0.468 e. The molecule has 1 unspecified atom stereocenters. The first-order valence-corrected chi connectivity index (χ1v) is 8.73. The van der Waals surface area contributed by atoms with Gasteiger partial charge in [0.2, 0.25) is 5.89 Å². The molecule has 0 saturated heterocycles. The van der Waals surface area contributed by atoms with Crippen LogP contribution in [0.15, 0.2) is 32.2 Å². The van der Waals surface area contributed by atoms with Crippen molar-refractivity contribution >= 4 is 5.96 Å². The summed E-state index contributed by atoms with van der Waals surface area (Å²) in [4.78, 5) is 11.0. The number of rotatable bonds is 8. The summed E-state index contributed by atoms with van der Waals surface area (Å²) in [5, 5.41) is 6.60. The second-order valence-electron chi connectivity index (χ2n) is 5.81. The van der Waals surface area contributed by atoms with Crippen molar-refractivity contribution in [3.63, 3.8) is 0 Å². The second-order valence-corrected chi connectivity index (χ2v) is 5.81. The lowest BCUT2D eigenvalue weighted by Crippen LogP contribution is -2.43. The van der Waals surface area contributed by atoms with Gasteiger partial charge in [-0.05, 0) is 39.1 Å². The van der Waals surface area contributed by atoms with Crippen molar-refractivity contribution in [2.75, 3.05) is 26.7 Å². The Morgan fingerprint density at radius 1 is 1.28 bits per heavy atom. The van der Waals surface area contributed by atoms with E-state index in [-0.39, 0.29) is 6.04 Å². The van der Waals surface area contributed by atoms with Crippen LogP contribution in [0.4, 0.5) is 0 Å². The van der Waals surface area contributed by atoms with Crippen molar-refractivity contribution in [2.45, 2.75) is 40.3 Å². The van der Waals surface area contributed by atoms with E-state index in [0.717, 1.165) is 30.3 Å². The molecule has 0 amide bonds. The van der Waals surface area contributed by atoms with E-state index in [2.05, 4.69) is 39.4 Å². The predicted octanol–water partition coefficient (Wildman–Crippen LogP) is 2.63. The molecule has 1 atom stereocenters. The average Bonchev–Trinajstić information content (AvgIpc) is 3.24. The molecule has 2 heterocycles. The van der Waals surface area contributed by atoms with Gasteiger partial charge in [0, 0.05) is 13.6 Å². The maximum absolute atomic E-state index is 5.62. The predicted molar refractivity (Wildman–Crippen MR) is 98.5 cm³/mol. The molecule has 0 bridgehead atoms. The summed E-state index contributed by atoms with van der Waals surface area (Å²) in [6.45, 7) is 11.2. The van der Waals surface area contributed by atoms with E-state index in [1.807, 2.05) is 26.0 Å². The zero-order valence-electron chi connectivity index (χ0n) is 15.8. The number of guanidine groups is 1. The van der Waals surface area contributed by atoms with E-state index >= 15 is 0 Å². The summed E-state index contributed by atoms with van der Waals surface area (Å²) in [5.41, 5.74) is 0.916. The highest BCUT2D eigenvalue weighted by Gasteiger charge is 2.20. The molecular formula is C18H29N5O2. The highest BCUT2D eigenvalue weighted by Crippen LogP contribution is 2.20. The topological polar surface area (TPSA) is 78.8 Å². The van der Waals surface area contributed by atoms with Crippen LogP contribution >= 0.6 is 0 Å². The Hall–Kier alpha value is -2.28. The molecule has 0 aliphatic rings. The third-order valence-electron chi connectivity index (χ3n) is 4.29. The Bertz CT molecular complexity index is 640. The van der Waals surface area contributed by atoms with Crippen LogP contribution in [0.2, 0.25) is 0 Å². The molecule has 7 heteroatoms. The van der Waals surface area contributed by atoms with Gasteiger partial charge >= 0.3 is 0 Å². The molecule has 0 aliphatic heterocycles. The highest BCUT2D eigenvalue weighted by molar-refractivity contribution is 5.79. The van der Waals surface area contributed by atoms with Crippen LogP contribution in [0.1, 0.15) is 43.0 Å². The van der Waals surface area contributed by atoms with Gasteiger partial charge in [-0.15, -0.1) is 0 Å². The number of aryl methyl sites for hydroxylation is 2. The summed E-state index contributed by atoms with van der Waals surface area (Å²) in [6.07, 6.45) is 1.71. The van der Waals surface area contributed by atoms with Gasteiger partial charge in [0.15, 0.2) is 5.96 Å². The normalized spacial score (nSPS) is 13.3. The molecule has 0 saturated carbocycles. The van der Waals surface area contributed by atoms with Crippen LogP contribution in [0, 0.1) is 13.8 Å². The zero-order valence-corrected chi connectivity index (χ0v) is 15.8. The molecule has 2 N–H and O–H groups in total. The summed E-state index contributed by atoms with van der Waals surface area (Å²) >= 11 is 0. The first kappa shape index (κ1) is 19.1. The summed E-state index contributed by atoms with van der Waals surface area (Å²) in [6, 6.07) is 4.08. The van der Waals surface area contributed by atoms with E-state index in [1.54, 1.807) is 13.3 Å². The number of aromatic nitrogens is 1. The molecule has 0 aromatic carbocycles. The van der Waals surface area contributed by atoms with Crippen LogP contribution in [0.3, 0.4) is 0 Å². The van der Waals surface area contributed by atoms with E-state index in [9.17, 15) is 0 Å². The minimum atomic E-state index is 0.148. The van der Waals surface area contributed by atoms with Crippen molar-refractivity contribution in [1.29, 1.82) is 0 Å². The molecule has 138 valence electrons. The standard InChI is InChI=1S/C18H29N5O2/c1-6-23(7-2)15(16-9-8-10-24-16)11-20-18(19-5)21-12-17-22-13(3)14(4)25-17/h8-10,15H,6-7,11-12H2,1-5H3,(H2,19,20,21). The SMILES string of the molecule is CCN(CC)C(CNC(=NC)NCc1nc(C)c(C)o1)c1ccco1. The van der Waals surface area contributed by atoms with Gasteiger partial charge in [-0.2, -0.15) is 0 Å². The Labute approximate surface area is 149 Å². The highest BCUT2D eigenvalue weighted by atomic mass is 16.4. The van der Waals surface area contributed by atoms with Crippen molar-refractivity contribution in [3.05, 3.63) is 41.5 Å². The van der Waals surface area contributed by atoms with Crippen molar-refractivity contribution < 1.29 is 8.83 Å². The molecule has 2 aromatic heterocycles. The van der Waals surface area contributed by atoms with Gasteiger partial charge in [0.25, 0.3) is 0 Å². The molecular weight excluding hydrogens is 318 g/mol. The molecule has 25 heavy (non-hydrogen) atoms. The average molecular weight is 347 g/mol. The van der Waals surface area contributed by atoms with Gasteiger partial charge in [0.1, 0.15) is 11.5 Å². The van der Waals surface area contributed by atoms with Gasteiger partial charge < -0.3 is 19.5 Å².